The van der Waals surface area contributed by atoms with E-state index in [0.29, 0.717) is 12.6 Å². The summed E-state index contributed by atoms with van der Waals surface area (Å²) in [5.41, 5.74) is 2.29. The highest BCUT2D eigenvalue weighted by molar-refractivity contribution is 14.0. The number of methoxy groups -OCH3 is 1. The van der Waals surface area contributed by atoms with Crippen LogP contribution in [-0.2, 0) is 17.7 Å². The molecule has 0 bridgehead atoms. The Morgan fingerprint density at radius 2 is 2.07 bits per heavy atom. The molecule has 3 heterocycles. The summed E-state index contributed by atoms with van der Waals surface area (Å²) >= 11 is 0. The summed E-state index contributed by atoms with van der Waals surface area (Å²) < 4.78 is 17.1. The molecular formula is C22H35IN4O3. The fourth-order valence-electron chi connectivity index (χ4n) is 4.56. The van der Waals surface area contributed by atoms with E-state index in [4.69, 9.17) is 19.2 Å². The number of nitrogens with zero attached hydrogens (tertiary/aromatic N) is 3. The average Bonchev–Trinajstić information content (AvgIpc) is 3.36. The minimum Gasteiger partial charge on any atom is -0.496 e. The molecule has 3 aliphatic rings. The van der Waals surface area contributed by atoms with Crippen molar-refractivity contribution in [1.82, 2.24) is 15.1 Å². The first-order valence-corrected chi connectivity index (χ1v) is 10.9. The number of halogens is 1. The van der Waals surface area contributed by atoms with Crippen LogP contribution in [0.15, 0.2) is 17.1 Å². The van der Waals surface area contributed by atoms with Gasteiger partial charge in [0.2, 0.25) is 0 Å². The summed E-state index contributed by atoms with van der Waals surface area (Å²) in [5, 5.41) is 3.48. The van der Waals surface area contributed by atoms with E-state index < -0.39 is 0 Å². The van der Waals surface area contributed by atoms with Crippen LogP contribution in [0.1, 0.15) is 31.4 Å². The second-order valence-electron chi connectivity index (χ2n) is 8.11. The zero-order valence-electron chi connectivity index (χ0n) is 18.4. The number of morpholine rings is 1. The molecule has 30 heavy (non-hydrogen) atoms. The summed E-state index contributed by atoms with van der Waals surface area (Å²) in [6, 6.07) is 4.80. The van der Waals surface area contributed by atoms with Crippen molar-refractivity contribution in [3.63, 3.8) is 0 Å². The van der Waals surface area contributed by atoms with Gasteiger partial charge in [-0.2, -0.15) is 0 Å². The van der Waals surface area contributed by atoms with Gasteiger partial charge in [0.25, 0.3) is 0 Å². The van der Waals surface area contributed by atoms with Crippen molar-refractivity contribution >= 4 is 29.9 Å². The van der Waals surface area contributed by atoms with Gasteiger partial charge in [0.1, 0.15) is 17.6 Å². The Hall–Kier alpha value is -1.26. The van der Waals surface area contributed by atoms with Crippen molar-refractivity contribution < 1.29 is 14.2 Å². The van der Waals surface area contributed by atoms with E-state index in [1.54, 1.807) is 7.11 Å². The number of ether oxygens (including phenoxy) is 3. The fourth-order valence-corrected chi connectivity index (χ4v) is 4.56. The van der Waals surface area contributed by atoms with E-state index in [9.17, 15) is 0 Å². The van der Waals surface area contributed by atoms with Crippen molar-refractivity contribution in [2.24, 2.45) is 4.99 Å². The molecule has 3 aliphatic heterocycles. The monoisotopic (exact) mass is 530 g/mol. The SMILES string of the molecule is CCNC(=NCc1cc2c(cc1OC)CC(C)O2)N1CCC(N2CCOCC2)C1.I. The number of rotatable bonds is 5. The Kier molecular flexibility index (Phi) is 8.47. The largest absolute Gasteiger partial charge is 0.496 e. The lowest BCUT2D eigenvalue weighted by molar-refractivity contribution is 0.0195. The number of fused-ring (bicyclic) bond motifs is 1. The smallest absolute Gasteiger partial charge is 0.194 e. The number of guanidine groups is 1. The van der Waals surface area contributed by atoms with Crippen LogP contribution in [0.2, 0.25) is 0 Å². The molecule has 0 aliphatic carbocycles. The van der Waals surface area contributed by atoms with Crippen LogP contribution >= 0.6 is 24.0 Å². The van der Waals surface area contributed by atoms with Crippen molar-refractivity contribution in [2.75, 3.05) is 53.0 Å². The van der Waals surface area contributed by atoms with Crippen LogP contribution in [-0.4, -0.2) is 81.0 Å². The van der Waals surface area contributed by atoms with Crippen molar-refractivity contribution in [3.8, 4) is 11.5 Å². The number of nitrogens with one attached hydrogen (secondary N) is 1. The zero-order valence-corrected chi connectivity index (χ0v) is 20.7. The lowest BCUT2D eigenvalue weighted by atomic mass is 10.1. The topological polar surface area (TPSA) is 58.6 Å². The van der Waals surface area contributed by atoms with Crippen LogP contribution in [0, 0.1) is 0 Å². The van der Waals surface area contributed by atoms with Gasteiger partial charge < -0.3 is 24.4 Å². The van der Waals surface area contributed by atoms with Gasteiger partial charge in [-0.3, -0.25) is 4.90 Å². The van der Waals surface area contributed by atoms with Gasteiger partial charge in [-0.25, -0.2) is 4.99 Å². The van der Waals surface area contributed by atoms with E-state index >= 15 is 0 Å². The van der Waals surface area contributed by atoms with Gasteiger partial charge >= 0.3 is 0 Å². The predicted octanol–water partition coefficient (Wildman–Crippen LogP) is 2.51. The molecule has 0 radical (unpaired) electrons. The molecule has 8 heteroatoms. The first kappa shape index (κ1) is 23.4. The van der Waals surface area contributed by atoms with E-state index in [-0.39, 0.29) is 30.1 Å². The van der Waals surface area contributed by atoms with Crippen molar-refractivity contribution in [1.29, 1.82) is 0 Å². The van der Waals surface area contributed by atoms with E-state index in [2.05, 4.69) is 41.1 Å². The molecule has 2 saturated heterocycles. The molecule has 7 nitrogen and oxygen atoms in total. The van der Waals surface area contributed by atoms with E-state index in [1.165, 1.54) is 12.0 Å². The molecule has 4 rings (SSSR count). The average molecular weight is 530 g/mol. The quantitative estimate of drug-likeness (QED) is 0.359. The molecule has 0 amide bonds. The van der Waals surface area contributed by atoms with Gasteiger partial charge in [0.05, 0.1) is 26.9 Å². The Morgan fingerprint density at radius 1 is 1.27 bits per heavy atom. The number of benzene rings is 1. The summed E-state index contributed by atoms with van der Waals surface area (Å²) in [6.45, 7) is 11.5. The third kappa shape index (κ3) is 5.31. The maximum absolute atomic E-state index is 5.94. The maximum atomic E-state index is 5.94. The molecule has 0 aromatic heterocycles. The predicted molar refractivity (Wildman–Crippen MR) is 129 cm³/mol. The zero-order chi connectivity index (χ0) is 20.2. The molecule has 1 aromatic carbocycles. The summed E-state index contributed by atoms with van der Waals surface area (Å²) in [6.07, 6.45) is 2.35. The normalized spacial score (nSPS) is 24.2. The molecule has 1 N–H and O–H groups in total. The summed E-state index contributed by atoms with van der Waals surface area (Å²) in [7, 11) is 1.73. The first-order valence-electron chi connectivity index (χ1n) is 10.9. The fraction of sp³-hybridized carbons (Fsp3) is 0.682. The Morgan fingerprint density at radius 3 is 2.80 bits per heavy atom. The maximum Gasteiger partial charge on any atom is 0.194 e. The van der Waals surface area contributed by atoms with Crippen LogP contribution in [0.5, 0.6) is 11.5 Å². The minimum absolute atomic E-state index is 0. The third-order valence-electron chi connectivity index (χ3n) is 6.06. The summed E-state index contributed by atoms with van der Waals surface area (Å²) in [5.74, 6) is 2.86. The standard InChI is InChI=1S/C22H34N4O3.HI/c1-4-23-22(26-6-5-19(15-26)25-7-9-28-10-8-25)24-14-18-13-21-17(11-16(2)29-21)12-20(18)27-3;/h12-13,16,19H,4-11,14-15H2,1-3H3,(H,23,24);1H. The van der Waals surface area contributed by atoms with Crippen LogP contribution in [0.3, 0.4) is 0 Å². The number of likely N-dealkylation sites (tertiary alicyclic amines) is 1. The van der Waals surface area contributed by atoms with Gasteiger partial charge in [-0.05, 0) is 32.4 Å². The molecule has 0 saturated carbocycles. The van der Waals surface area contributed by atoms with Crippen LogP contribution in [0.25, 0.3) is 0 Å². The highest BCUT2D eigenvalue weighted by Crippen LogP contribution is 2.35. The molecule has 2 atom stereocenters. The number of aliphatic imine (C=N–C) groups is 1. The van der Waals surface area contributed by atoms with Crippen molar-refractivity contribution in [3.05, 3.63) is 23.3 Å². The van der Waals surface area contributed by atoms with Gasteiger partial charge in [-0.15, -0.1) is 24.0 Å². The Balaban J connectivity index is 0.00000256. The molecular weight excluding hydrogens is 495 g/mol. The molecule has 168 valence electrons. The van der Waals surface area contributed by atoms with Gasteiger partial charge in [-0.1, -0.05) is 0 Å². The van der Waals surface area contributed by atoms with Crippen LogP contribution in [0.4, 0.5) is 0 Å². The van der Waals surface area contributed by atoms with Crippen LogP contribution < -0.4 is 14.8 Å². The third-order valence-corrected chi connectivity index (χ3v) is 6.06. The van der Waals surface area contributed by atoms with Crippen molar-refractivity contribution in [2.45, 2.75) is 45.4 Å². The lowest BCUT2D eigenvalue weighted by Crippen LogP contribution is -2.46. The van der Waals surface area contributed by atoms with E-state index in [1.807, 2.05) is 0 Å². The second-order valence-corrected chi connectivity index (χ2v) is 8.11. The molecule has 2 fully saturated rings. The first-order chi connectivity index (χ1) is 14.2. The molecule has 0 spiro atoms. The Labute approximate surface area is 197 Å². The van der Waals surface area contributed by atoms with Gasteiger partial charge in [0, 0.05) is 56.3 Å². The lowest BCUT2D eigenvalue weighted by Gasteiger charge is -2.32. The summed E-state index contributed by atoms with van der Waals surface area (Å²) in [4.78, 5) is 9.91. The Bertz CT molecular complexity index is 739. The van der Waals surface area contributed by atoms with E-state index in [0.717, 1.165) is 75.4 Å². The minimum atomic E-state index is 0. The number of hydrogen-bond donors (Lipinski definition) is 1. The molecule has 1 aromatic rings. The van der Waals surface area contributed by atoms with Gasteiger partial charge in [0.15, 0.2) is 5.96 Å². The highest BCUT2D eigenvalue weighted by atomic mass is 127. The molecule has 2 unspecified atom stereocenters. The highest BCUT2D eigenvalue weighted by Gasteiger charge is 2.30. The second kappa shape index (κ2) is 10.9. The number of hydrogen-bond acceptors (Lipinski definition) is 5.